The van der Waals surface area contributed by atoms with Gasteiger partial charge in [-0.3, -0.25) is 0 Å². The summed E-state index contributed by atoms with van der Waals surface area (Å²) in [7, 11) is 0. The summed E-state index contributed by atoms with van der Waals surface area (Å²) in [5, 5.41) is 24.6. The van der Waals surface area contributed by atoms with Crippen molar-refractivity contribution < 1.29 is 67.1 Å². The van der Waals surface area contributed by atoms with E-state index in [1.165, 1.54) is 0 Å². The first-order valence-electron chi connectivity index (χ1n) is 26.6. The van der Waals surface area contributed by atoms with Crippen LogP contribution in [0.25, 0.3) is 0 Å². The minimum absolute atomic E-state index is 0.0409. The molecule has 0 aromatic heterocycles. The Morgan fingerprint density at radius 1 is 0.359 bits per heavy atom. The molecule has 2 unspecified atom stereocenters. The van der Waals surface area contributed by atoms with Gasteiger partial charge in [-0.2, -0.15) is 0 Å². The predicted molar refractivity (Wildman–Crippen MR) is 289 cm³/mol. The molecular weight excluding hydrogens is 993 g/mol. The molecule has 7 aromatic carbocycles. The van der Waals surface area contributed by atoms with Gasteiger partial charge in [0.05, 0.1) is 111 Å². The van der Waals surface area contributed by atoms with E-state index < -0.39 is 36.0 Å². The van der Waals surface area contributed by atoms with Crippen molar-refractivity contribution in [3.05, 3.63) is 237 Å². The van der Waals surface area contributed by atoms with Crippen molar-refractivity contribution in [3.8, 4) is 11.5 Å². The third kappa shape index (κ3) is 13.4. The van der Waals surface area contributed by atoms with Crippen LogP contribution in [0.5, 0.6) is 11.5 Å². The van der Waals surface area contributed by atoms with Gasteiger partial charge in [-0.1, -0.05) is 140 Å². The maximum Gasteiger partial charge on any atom is 0.340 e. The lowest BCUT2D eigenvalue weighted by molar-refractivity contribution is -0.0646. The van der Waals surface area contributed by atoms with Gasteiger partial charge in [-0.25, -0.2) is 4.79 Å². The molecule has 0 spiro atoms. The van der Waals surface area contributed by atoms with Gasteiger partial charge >= 0.3 is 5.97 Å². The zero-order chi connectivity index (χ0) is 53.4. The second-order valence-electron chi connectivity index (χ2n) is 19.3. The standard InChI is InChI=1S/C64H66O14/c65-61-49-33-53(34-50(61)38-71-42-58(46-17-7-2-8-18-46)75-30-26-68-25-29-74-57(41-70-37-49)45-15-5-1-6-16-45)64(56-24-14-13-23-55(56)63(67)78-64)54-35-51-39-72-43-59(47-19-9-3-10-20-47)76-31-27-69-28-32-77-60(48-21-11-4-12-22-48)44-73-40-52(36-54)62(51)66/h1-24,33-36,57-60,65-66H,25-32,37-44H2/t57-,58-,59-,60?,64?/m1/s1. The molecule has 3 heterocycles. The van der Waals surface area contributed by atoms with Crippen molar-refractivity contribution in [1.82, 2.24) is 0 Å². The van der Waals surface area contributed by atoms with Gasteiger partial charge in [0.15, 0.2) is 5.60 Å². The average molecular weight is 1060 g/mol. The molecule has 0 aliphatic carbocycles. The largest absolute Gasteiger partial charge is 0.507 e. The van der Waals surface area contributed by atoms with Crippen LogP contribution in [-0.2, 0) is 84.1 Å². The summed E-state index contributed by atoms with van der Waals surface area (Å²) in [4.78, 5) is 14.4. The molecule has 406 valence electrons. The SMILES string of the molecule is O=C1OC(c2cc3c(O)c(c2)COC[C@H](c2ccccc2)OCCOCCOC(c2ccccc2)COC3)(c2cc3c(O)c(c2)COC[C@H](c2ccccc2)OCCOCCO[C@@H](c2ccccc2)COC3)c2ccccc21. The van der Waals surface area contributed by atoms with Crippen molar-refractivity contribution in [2.24, 2.45) is 0 Å². The van der Waals surface area contributed by atoms with Gasteiger partial charge in [0.1, 0.15) is 35.9 Å². The molecule has 78 heavy (non-hydrogen) atoms. The molecule has 0 fully saturated rings. The number of cyclic esters (lactones) is 1. The van der Waals surface area contributed by atoms with Gasteiger partial charge in [0.2, 0.25) is 0 Å². The molecule has 0 amide bonds. The van der Waals surface area contributed by atoms with Crippen LogP contribution in [0.2, 0.25) is 0 Å². The maximum absolute atomic E-state index is 14.4. The summed E-state index contributed by atoms with van der Waals surface area (Å²) in [5.41, 5.74) is 5.63. The van der Waals surface area contributed by atoms with E-state index in [0.29, 0.717) is 97.4 Å². The third-order valence-corrected chi connectivity index (χ3v) is 14.1. The van der Waals surface area contributed by atoms with E-state index in [0.717, 1.165) is 22.3 Å². The van der Waals surface area contributed by atoms with Crippen LogP contribution in [0.1, 0.15) is 96.0 Å². The van der Waals surface area contributed by atoms with Crippen LogP contribution in [0.4, 0.5) is 0 Å². The van der Waals surface area contributed by atoms with Crippen LogP contribution in [0.3, 0.4) is 0 Å². The van der Waals surface area contributed by atoms with E-state index in [1.807, 2.05) is 158 Å². The summed E-state index contributed by atoms with van der Waals surface area (Å²) in [6, 6.07) is 53.8. The maximum atomic E-state index is 14.4. The molecule has 3 aliphatic rings. The molecule has 0 radical (unpaired) electrons. The van der Waals surface area contributed by atoms with Crippen LogP contribution < -0.4 is 0 Å². The quantitative estimate of drug-likeness (QED) is 0.152. The number of phenols is 2. The first kappa shape index (κ1) is 54.6. The van der Waals surface area contributed by atoms with Gasteiger partial charge in [0, 0.05) is 38.9 Å². The zero-order valence-electron chi connectivity index (χ0n) is 43.6. The Morgan fingerprint density at radius 3 is 0.974 bits per heavy atom. The van der Waals surface area contributed by atoms with Gasteiger partial charge in [-0.05, 0) is 52.6 Å². The minimum atomic E-state index is -1.65. The van der Waals surface area contributed by atoms with Crippen molar-refractivity contribution in [3.63, 3.8) is 0 Å². The second-order valence-corrected chi connectivity index (χ2v) is 19.3. The number of carbonyl (C=O) groups is 1. The highest BCUT2D eigenvalue weighted by Crippen LogP contribution is 2.50. The van der Waals surface area contributed by atoms with Crippen molar-refractivity contribution in [2.45, 2.75) is 56.4 Å². The smallest absolute Gasteiger partial charge is 0.340 e. The monoisotopic (exact) mass is 1060 g/mol. The van der Waals surface area contributed by atoms with E-state index in [1.54, 1.807) is 12.1 Å². The summed E-state index contributed by atoms with van der Waals surface area (Å²) >= 11 is 0. The Morgan fingerprint density at radius 2 is 0.654 bits per heavy atom. The fourth-order valence-electron chi connectivity index (χ4n) is 10.1. The fourth-order valence-corrected chi connectivity index (χ4v) is 10.1. The predicted octanol–water partition coefficient (Wildman–Crippen LogP) is 10.7. The molecule has 14 nitrogen and oxygen atoms in total. The van der Waals surface area contributed by atoms with E-state index >= 15 is 0 Å². The lowest BCUT2D eigenvalue weighted by Gasteiger charge is -2.32. The number of hydrogen-bond donors (Lipinski definition) is 2. The van der Waals surface area contributed by atoms with Crippen LogP contribution in [0.15, 0.2) is 170 Å². The number of benzene rings is 7. The topological polar surface area (TPSA) is 159 Å². The number of esters is 1. The Balaban J connectivity index is 1.07. The number of carbonyl (C=O) groups excluding carboxylic acids is 1. The molecule has 2 N–H and O–H groups in total. The Hall–Kier alpha value is -6.79. The summed E-state index contributed by atoms with van der Waals surface area (Å²) in [5.74, 6) is -0.632. The number of phenolic OH excluding ortho intramolecular Hbond substituents is 2. The molecule has 7 aromatic rings. The zero-order valence-corrected chi connectivity index (χ0v) is 43.6. The fraction of sp³-hybridized carbons (Fsp3) is 0.328. The van der Waals surface area contributed by atoms with E-state index in [9.17, 15) is 15.0 Å². The van der Waals surface area contributed by atoms with Crippen molar-refractivity contribution in [2.75, 3.05) is 79.3 Å². The molecule has 0 saturated heterocycles. The number of fused-ring (bicyclic) bond motifs is 5. The molecule has 14 heteroatoms. The second kappa shape index (κ2) is 27.2. The molecular formula is C64H66O14. The van der Waals surface area contributed by atoms with Crippen molar-refractivity contribution >= 4 is 5.97 Å². The van der Waals surface area contributed by atoms with E-state index in [-0.39, 0.29) is 64.4 Å². The summed E-state index contributed by atoms with van der Waals surface area (Å²) < 4.78 is 70.1. The molecule has 3 aliphatic heterocycles. The Bertz CT molecular complexity index is 2670. The minimum Gasteiger partial charge on any atom is -0.507 e. The molecule has 4 bridgehead atoms. The highest BCUT2D eigenvalue weighted by Gasteiger charge is 2.49. The lowest BCUT2D eigenvalue weighted by Crippen LogP contribution is -2.30. The van der Waals surface area contributed by atoms with Crippen LogP contribution >= 0.6 is 0 Å². The molecule has 10 rings (SSSR count). The number of hydrogen-bond acceptors (Lipinski definition) is 14. The highest BCUT2D eigenvalue weighted by molar-refractivity contribution is 5.96. The van der Waals surface area contributed by atoms with E-state index in [2.05, 4.69) is 0 Å². The summed E-state index contributed by atoms with van der Waals surface area (Å²) in [6.45, 7) is 2.97. The first-order chi connectivity index (χ1) is 38.4. The third-order valence-electron chi connectivity index (χ3n) is 14.1. The molecule has 0 saturated carbocycles. The Kier molecular flexibility index (Phi) is 19.0. The Labute approximate surface area is 455 Å². The van der Waals surface area contributed by atoms with Gasteiger partial charge in [-0.15, -0.1) is 0 Å². The van der Waals surface area contributed by atoms with Crippen molar-refractivity contribution in [1.29, 1.82) is 0 Å². The van der Waals surface area contributed by atoms with Crippen LogP contribution in [0, 0.1) is 0 Å². The molecule has 5 atom stereocenters. The number of ether oxygens (including phenoxy) is 11. The van der Waals surface area contributed by atoms with Gasteiger partial charge < -0.3 is 62.3 Å². The van der Waals surface area contributed by atoms with Crippen LogP contribution in [-0.4, -0.2) is 95.5 Å². The lowest BCUT2D eigenvalue weighted by atomic mass is 9.77. The summed E-state index contributed by atoms with van der Waals surface area (Å²) in [6.07, 6.45) is -1.82. The normalized spacial score (nSPS) is 22.8. The number of rotatable bonds is 6. The number of aromatic hydroxyl groups is 2. The first-order valence-corrected chi connectivity index (χ1v) is 26.6. The van der Waals surface area contributed by atoms with Gasteiger partial charge in [0.25, 0.3) is 0 Å². The van der Waals surface area contributed by atoms with E-state index in [4.69, 9.17) is 52.1 Å². The average Bonchev–Trinajstić information content (AvgIpc) is 3.94. The highest BCUT2D eigenvalue weighted by atomic mass is 16.6.